The SMILES string of the molecule is [Bi+3].[Bi+3].[Ge+4].[Ge+4].[O-2].[O-2].[O-2].[O-2].[O-2].[O-2].[O-2]. The molecule has 0 aromatic rings. The molecule has 60 valence electrons. The summed E-state index contributed by atoms with van der Waals surface area (Å²) in [5.74, 6) is 0. The van der Waals surface area contributed by atoms with Gasteiger partial charge in [-0.3, -0.25) is 0 Å². The Morgan fingerprint density at radius 3 is 0.273 bits per heavy atom. The van der Waals surface area contributed by atoms with Gasteiger partial charge in [0.15, 0.2) is 0 Å². The first-order valence-electron chi connectivity index (χ1n) is 0. The molecule has 0 aliphatic rings. The molecule has 0 aromatic heterocycles. The van der Waals surface area contributed by atoms with E-state index >= 15 is 0 Å². The standard InChI is InChI=1S/2Bi.2Ge.7O/q2*+3;2*+4;7*-2. The molecule has 0 atom stereocenters. The average Bonchev–Trinajstić information content (AvgIpc) is 0. The van der Waals surface area contributed by atoms with Crippen molar-refractivity contribution in [2.24, 2.45) is 0 Å². The minimum absolute atomic E-state index is 0. The van der Waals surface area contributed by atoms with Crippen LogP contribution in [-0.4, -0.2) is 87.6 Å². The van der Waals surface area contributed by atoms with Gasteiger partial charge in [-0.15, -0.1) is 0 Å². The quantitative estimate of drug-likeness (QED) is 0.248. The Morgan fingerprint density at radius 2 is 0.273 bits per heavy atom. The van der Waals surface area contributed by atoms with Crippen LogP contribution >= 0.6 is 0 Å². The number of hydrogen-bond donors (Lipinski definition) is 0. The van der Waals surface area contributed by atoms with Crippen LogP contribution in [0.5, 0.6) is 0 Å². The molecular weight excluding hydrogens is 675 g/mol. The van der Waals surface area contributed by atoms with E-state index in [1.54, 1.807) is 0 Å². The van der Waals surface area contributed by atoms with E-state index in [1.807, 2.05) is 0 Å². The fraction of sp³-hybridized carbons (Fsp3) is 0. The largest absolute Gasteiger partial charge is 4.00 e. The van der Waals surface area contributed by atoms with Crippen LogP contribution < -0.4 is 0 Å². The molecule has 0 unspecified atom stereocenters. The van der Waals surface area contributed by atoms with Crippen molar-refractivity contribution in [3.8, 4) is 0 Å². The van der Waals surface area contributed by atoms with Gasteiger partial charge in [0, 0.05) is 0 Å². The molecule has 0 aliphatic heterocycles. The van der Waals surface area contributed by atoms with Crippen molar-refractivity contribution in [3.63, 3.8) is 0 Å². The third-order valence-corrected chi connectivity index (χ3v) is 0. The summed E-state index contributed by atoms with van der Waals surface area (Å²) in [4.78, 5) is 0. The number of rotatable bonds is 0. The van der Waals surface area contributed by atoms with E-state index < -0.39 is 0 Å². The fourth-order valence-electron chi connectivity index (χ4n) is 0. The first-order chi connectivity index (χ1) is 0. The predicted molar refractivity (Wildman–Crippen MR) is 27.8 cm³/mol. The van der Waals surface area contributed by atoms with Gasteiger partial charge in [0.05, 0.1) is 0 Å². The van der Waals surface area contributed by atoms with Crippen molar-refractivity contribution in [2.45, 2.75) is 0 Å². The molecule has 4 radical (unpaired) electrons. The molecule has 0 aromatic carbocycles. The van der Waals surface area contributed by atoms with Crippen LogP contribution in [0, 0.1) is 0 Å². The molecule has 11 heavy (non-hydrogen) atoms. The molecule has 0 saturated carbocycles. The summed E-state index contributed by atoms with van der Waals surface area (Å²) in [6.07, 6.45) is 0. The Hall–Kier alpha value is 2.57. The van der Waals surface area contributed by atoms with Crippen LogP contribution in [0.3, 0.4) is 0 Å². The zero-order chi connectivity index (χ0) is 0. The summed E-state index contributed by atoms with van der Waals surface area (Å²) in [6, 6.07) is 0. The van der Waals surface area contributed by atoms with Crippen LogP contribution in [0.4, 0.5) is 0 Å². The van der Waals surface area contributed by atoms with E-state index in [-0.39, 0.29) is 126 Å². The van der Waals surface area contributed by atoms with Gasteiger partial charge in [0.25, 0.3) is 0 Å². The van der Waals surface area contributed by atoms with Gasteiger partial charge < -0.3 is 38.3 Å². The minimum Gasteiger partial charge on any atom is -2.00 e. The molecule has 11 heteroatoms. The van der Waals surface area contributed by atoms with Gasteiger partial charge in [-0.25, -0.2) is 0 Å². The molecule has 0 spiro atoms. The summed E-state index contributed by atoms with van der Waals surface area (Å²) in [5.41, 5.74) is 0. The predicted octanol–water partition coefficient (Wildman–Crippen LogP) is -2.35. The second-order valence-electron chi connectivity index (χ2n) is 0. The van der Waals surface area contributed by atoms with Crippen LogP contribution in [0.2, 0.25) is 0 Å². The Morgan fingerprint density at radius 1 is 0.273 bits per heavy atom. The molecule has 0 heterocycles. The van der Waals surface area contributed by atoms with Crippen LogP contribution in [0.1, 0.15) is 0 Å². The van der Waals surface area contributed by atoms with Crippen molar-refractivity contribution < 1.29 is 38.3 Å². The smallest absolute Gasteiger partial charge is 2.00 e. The van der Waals surface area contributed by atoms with Gasteiger partial charge in [-0.2, -0.15) is 0 Å². The second kappa shape index (κ2) is 255. The summed E-state index contributed by atoms with van der Waals surface area (Å²) in [7, 11) is 0. The van der Waals surface area contributed by atoms with Gasteiger partial charge in [-0.1, -0.05) is 0 Å². The van der Waals surface area contributed by atoms with Crippen molar-refractivity contribution in [1.29, 1.82) is 0 Å². The van der Waals surface area contributed by atoms with E-state index in [1.165, 1.54) is 0 Å². The summed E-state index contributed by atoms with van der Waals surface area (Å²) >= 11 is 0. The monoisotopic (exact) mass is 678 g/mol. The first-order valence-corrected chi connectivity index (χ1v) is 0. The van der Waals surface area contributed by atoms with E-state index in [4.69, 9.17) is 0 Å². The zero-order valence-corrected chi connectivity index (χ0v) is 15.9. The first kappa shape index (κ1) is 324. The van der Waals surface area contributed by atoms with Crippen LogP contribution in [0.25, 0.3) is 0 Å². The molecule has 0 fully saturated rings. The maximum Gasteiger partial charge on any atom is 4.00 e. The molecule has 0 N–H and O–H groups in total. The molecule has 0 amide bonds. The van der Waals surface area contributed by atoms with Crippen LogP contribution in [-0.2, 0) is 38.3 Å². The zero-order valence-electron chi connectivity index (χ0n) is 4.75. The van der Waals surface area contributed by atoms with Crippen molar-refractivity contribution in [2.75, 3.05) is 0 Å². The molecule has 0 aliphatic carbocycles. The fourth-order valence-corrected chi connectivity index (χ4v) is 0. The van der Waals surface area contributed by atoms with E-state index in [2.05, 4.69) is 0 Å². The minimum atomic E-state index is 0. The topological polar surface area (TPSA) is 200 Å². The molecule has 0 saturated heterocycles. The molecule has 0 rings (SSSR count). The maximum atomic E-state index is 0. The van der Waals surface area contributed by atoms with Gasteiger partial charge in [-0.05, 0) is 0 Å². The Bertz CT molecular complexity index is 14.4. The molecule has 0 bridgehead atoms. The van der Waals surface area contributed by atoms with Crippen LogP contribution in [0.15, 0.2) is 0 Å². The molecular formula is Bi2Ge2O7. The summed E-state index contributed by atoms with van der Waals surface area (Å²) < 4.78 is 0. The summed E-state index contributed by atoms with van der Waals surface area (Å²) in [5, 5.41) is 0. The Labute approximate surface area is 124 Å². The Kier molecular flexibility index (Phi) is 7500. The van der Waals surface area contributed by atoms with Crippen molar-refractivity contribution in [1.82, 2.24) is 0 Å². The van der Waals surface area contributed by atoms with E-state index in [0.717, 1.165) is 0 Å². The third kappa shape index (κ3) is 212. The van der Waals surface area contributed by atoms with E-state index in [9.17, 15) is 0 Å². The second-order valence-corrected chi connectivity index (χ2v) is 0. The molecule has 7 nitrogen and oxygen atoms in total. The van der Waals surface area contributed by atoms with Crippen molar-refractivity contribution >= 4 is 87.6 Å². The Balaban J connectivity index is 0. The normalized spacial score (nSPS) is 0. The van der Waals surface area contributed by atoms with Gasteiger partial charge in [0.2, 0.25) is 0 Å². The van der Waals surface area contributed by atoms with Gasteiger partial charge in [0.1, 0.15) is 0 Å². The third-order valence-electron chi connectivity index (χ3n) is 0. The van der Waals surface area contributed by atoms with E-state index in [0.29, 0.717) is 0 Å². The number of hydrogen-bond acceptors (Lipinski definition) is 0. The average molecular weight is 675 g/mol. The maximum absolute atomic E-state index is 0. The van der Waals surface area contributed by atoms with Crippen molar-refractivity contribution in [3.05, 3.63) is 0 Å². The summed E-state index contributed by atoms with van der Waals surface area (Å²) in [6.45, 7) is 0. The van der Waals surface area contributed by atoms with Gasteiger partial charge >= 0.3 is 87.6 Å².